The lowest BCUT2D eigenvalue weighted by Gasteiger charge is -2.09. The summed E-state index contributed by atoms with van der Waals surface area (Å²) in [6.07, 6.45) is 3.33. The van der Waals surface area contributed by atoms with Crippen molar-refractivity contribution in [1.82, 2.24) is 4.57 Å². The Balaban J connectivity index is 1.60. The zero-order valence-corrected chi connectivity index (χ0v) is 17.0. The molecule has 0 saturated heterocycles. The van der Waals surface area contributed by atoms with Crippen LogP contribution in [0, 0.1) is 6.92 Å². The van der Waals surface area contributed by atoms with Crippen LogP contribution in [0.5, 0.6) is 0 Å². The number of rotatable bonds is 5. The smallest absolute Gasteiger partial charge is 0.291 e. The lowest BCUT2D eigenvalue weighted by atomic mass is 10.1. The second kappa shape index (κ2) is 9.09. The fourth-order valence-electron chi connectivity index (χ4n) is 3.13. The van der Waals surface area contributed by atoms with E-state index in [2.05, 4.69) is 10.3 Å². The van der Waals surface area contributed by atoms with Gasteiger partial charge in [0.05, 0.1) is 6.26 Å². The Hall–Kier alpha value is -4.19. The summed E-state index contributed by atoms with van der Waals surface area (Å²) >= 11 is 0. The molecular weight excluding hydrogens is 390 g/mol. The van der Waals surface area contributed by atoms with Crippen LogP contribution in [-0.4, -0.2) is 16.4 Å². The molecule has 0 radical (unpaired) electrons. The fourth-order valence-corrected chi connectivity index (χ4v) is 3.13. The van der Waals surface area contributed by atoms with Crippen LogP contribution in [-0.2, 0) is 6.54 Å². The van der Waals surface area contributed by atoms with E-state index >= 15 is 0 Å². The SMILES string of the molecule is Cc1ccc(C(=O)N=c2ccccn2Cc2ccccc2)cc1NC(=O)c1ccco1. The predicted molar refractivity (Wildman–Crippen MR) is 118 cm³/mol. The summed E-state index contributed by atoms with van der Waals surface area (Å²) in [6, 6.07) is 23.9. The monoisotopic (exact) mass is 411 g/mol. The molecule has 0 fully saturated rings. The van der Waals surface area contributed by atoms with Gasteiger partial charge >= 0.3 is 0 Å². The van der Waals surface area contributed by atoms with Gasteiger partial charge < -0.3 is 14.3 Å². The maximum absolute atomic E-state index is 12.9. The number of anilines is 1. The van der Waals surface area contributed by atoms with Gasteiger partial charge in [-0.05, 0) is 54.4 Å². The molecule has 0 unspecified atom stereocenters. The van der Waals surface area contributed by atoms with Crippen molar-refractivity contribution in [1.29, 1.82) is 0 Å². The first-order valence-electron chi connectivity index (χ1n) is 9.84. The van der Waals surface area contributed by atoms with Gasteiger partial charge in [0, 0.05) is 24.0 Å². The van der Waals surface area contributed by atoms with E-state index in [0.717, 1.165) is 11.1 Å². The highest BCUT2D eigenvalue weighted by Crippen LogP contribution is 2.19. The summed E-state index contributed by atoms with van der Waals surface area (Å²) in [5.41, 5.74) is 3.41. The standard InChI is InChI=1S/C25H21N3O3/c1-18-12-13-20(16-21(18)26-25(30)22-10-7-15-31-22)24(29)27-23-11-5-6-14-28(23)17-19-8-3-2-4-9-19/h2-16H,17H2,1H3,(H,26,30). The van der Waals surface area contributed by atoms with Gasteiger partial charge in [-0.25, -0.2) is 0 Å². The third-order valence-corrected chi connectivity index (χ3v) is 4.81. The number of furan rings is 1. The molecule has 0 bridgehead atoms. The van der Waals surface area contributed by atoms with E-state index in [4.69, 9.17) is 4.42 Å². The van der Waals surface area contributed by atoms with Gasteiger partial charge in [0.25, 0.3) is 11.8 Å². The third-order valence-electron chi connectivity index (χ3n) is 4.81. The molecule has 4 aromatic rings. The Bertz CT molecular complexity index is 1270. The zero-order chi connectivity index (χ0) is 21.6. The molecule has 0 saturated carbocycles. The Morgan fingerprint density at radius 1 is 0.968 bits per heavy atom. The number of pyridine rings is 1. The summed E-state index contributed by atoms with van der Waals surface area (Å²) in [7, 11) is 0. The number of benzene rings is 2. The number of aromatic nitrogens is 1. The van der Waals surface area contributed by atoms with E-state index in [-0.39, 0.29) is 17.6 Å². The van der Waals surface area contributed by atoms with E-state index in [1.54, 1.807) is 36.4 Å². The van der Waals surface area contributed by atoms with Gasteiger partial charge in [-0.1, -0.05) is 42.5 Å². The van der Waals surface area contributed by atoms with Crippen molar-refractivity contribution in [3.63, 3.8) is 0 Å². The minimum Gasteiger partial charge on any atom is -0.459 e. The quantitative estimate of drug-likeness (QED) is 0.528. The summed E-state index contributed by atoms with van der Waals surface area (Å²) in [6.45, 7) is 2.46. The molecule has 6 nitrogen and oxygen atoms in total. The van der Waals surface area contributed by atoms with E-state index < -0.39 is 0 Å². The van der Waals surface area contributed by atoms with Crippen LogP contribution >= 0.6 is 0 Å². The van der Waals surface area contributed by atoms with Crippen LogP contribution < -0.4 is 10.8 Å². The molecule has 0 aliphatic rings. The van der Waals surface area contributed by atoms with Crippen molar-refractivity contribution < 1.29 is 14.0 Å². The minimum atomic E-state index is -0.387. The molecule has 6 heteroatoms. The molecule has 2 heterocycles. The molecule has 2 amide bonds. The van der Waals surface area contributed by atoms with Crippen LogP contribution in [0.1, 0.15) is 32.0 Å². The lowest BCUT2D eigenvalue weighted by Crippen LogP contribution is -2.22. The second-order valence-electron chi connectivity index (χ2n) is 7.05. The Morgan fingerprint density at radius 2 is 1.77 bits per heavy atom. The predicted octanol–water partition coefficient (Wildman–Crippen LogP) is 4.43. The molecule has 1 N–H and O–H groups in total. The number of nitrogens with one attached hydrogen (secondary N) is 1. The number of nitrogens with zero attached hydrogens (tertiary/aromatic N) is 2. The van der Waals surface area contributed by atoms with Gasteiger partial charge in [-0.15, -0.1) is 0 Å². The van der Waals surface area contributed by atoms with Crippen molar-refractivity contribution in [2.24, 2.45) is 4.99 Å². The molecule has 0 aliphatic heterocycles. The van der Waals surface area contributed by atoms with Gasteiger partial charge in [-0.2, -0.15) is 4.99 Å². The highest BCUT2D eigenvalue weighted by molar-refractivity contribution is 6.04. The van der Waals surface area contributed by atoms with Crippen LogP contribution in [0.25, 0.3) is 0 Å². The summed E-state index contributed by atoms with van der Waals surface area (Å²) in [5, 5.41) is 2.78. The Labute approximate surface area is 179 Å². The molecular formula is C25H21N3O3. The van der Waals surface area contributed by atoms with Crippen molar-refractivity contribution >= 4 is 17.5 Å². The fraction of sp³-hybridized carbons (Fsp3) is 0.0800. The van der Waals surface area contributed by atoms with Gasteiger partial charge in [0.2, 0.25) is 0 Å². The lowest BCUT2D eigenvalue weighted by molar-refractivity contribution is 0.0987. The summed E-state index contributed by atoms with van der Waals surface area (Å²) in [5.74, 6) is -0.563. The second-order valence-corrected chi connectivity index (χ2v) is 7.05. The number of hydrogen-bond donors (Lipinski definition) is 1. The molecule has 0 spiro atoms. The minimum absolute atomic E-state index is 0.201. The number of hydrogen-bond acceptors (Lipinski definition) is 3. The number of carbonyl (C=O) groups is 2. The average Bonchev–Trinajstić information content (AvgIpc) is 3.32. The molecule has 154 valence electrons. The first-order chi connectivity index (χ1) is 15.1. The number of aryl methyl sites for hydroxylation is 1. The van der Waals surface area contributed by atoms with Crippen LogP contribution in [0.4, 0.5) is 5.69 Å². The first-order valence-corrected chi connectivity index (χ1v) is 9.84. The first kappa shape index (κ1) is 20.1. The maximum atomic E-state index is 12.9. The largest absolute Gasteiger partial charge is 0.459 e. The van der Waals surface area contributed by atoms with Gasteiger partial charge in [-0.3, -0.25) is 9.59 Å². The molecule has 0 aliphatic carbocycles. The van der Waals surface area contributed by atoms with E-state index in [0.29, 0.717) is 23.3 Å². The zero-order valence-electron chi connectivity index (χ0n) is 17.0. The summed E-state index contributed by atoms with van der Waals surface area (Å²) in [4.78, 5) is 29.5. The molecule has 2 aromatic heterocycles. The Morgan fingerprint density at radius 3 is 2.55 bits per heavy atom. The van der Waals surface area contributed by atoms with Gasteiger partial charge in [0.15, 0.2) is 5.76 Å². The topological polar surface area (TPSA) is 76.6 Å². The van der Waals surface area contributed by atoms with E-state index in [1.165, 1.54) is 6.26 Å². The van der Waals surface area contributed by atoms with Gasteiger partial charge in [0.1, 0.15) is 5.49 Å². The van der Waals surface area contributed by atoms with E-state index in [9.17, 15) is 9.59 Å². The maximum Gasteiger partial charge on any atom is 0.291 e. The molecule has 0 atom stereocenters. The van der Waals surface area contributed by atoms with Crippen molar-refractivity contribution in [3.05, 3.63) is 119 Å². The molecule has 4 rings (SSSR count). The summed E-state index contributed by atoms with van der Waals surface area (Å²) < 4.78 is 7.04. The number of carbonyl (C=O) groups excluding carboxylic acids is 2. The van der Waals surface area contributed by atoms with Crippen LogP contribution in [0.15, 0.2) is 101 Å². The molecule has 2 aromatic carbocycles. The van der Waals surface area contributed by atoms with Crippen molar-refractivity contribution in [2.75, 3.05) is 5.32 Å². The van der Waals surface area contributed by atoms with Crippen LogP contribution in [0.3, 0.4) is 0 Å². The average molecular weight is 411 g/mol. The normalized spacial score (nSPS) is 11.3. The third kappa shape index (κ3) is 4.87. The number of amides is 2. The van der Waals surface area contributed by atoms with Crippen molar-refractivity contribution in [3.8, 4) is 0 Å². The highest BCUT2D eigenvalue weighted by Gasteiger charge is 2.13. The molecule has 31 heavy (non-hydrogen) atoms. The van der Waals surface area contributed by atoms with E-state index in [1.807, 2.05) is 60.2 Å². The van der Waals surface area contributed by atoms with Crippen molar-refractivity contribution in [2.45, 2.75) is 13.5 Å². The Kier molecular flexibility index (Phi) is 5.89. The van der Waals surface area contributed by atoms with Crippen LogP contribution in [0.2, 0.25) is 0 Å². The highest BCUT2D eigenvalue weighted by atomic mass is 16.3.